The molecule has 0 aliphatic carbocycles. The number of ketones is 1. The molecule has 1 unspecified atom stereocenters. The normalized spacial score (nSPS) is 12.0. The third kappa shape index (κ3) is 14.5. The summed E-state index contributed by atoms with van der Waals surface area (Å²) in [6, 6.07) is 22.0. The van der Waals surface area contributed by atoms with Crippen LogP contribution in [0.1, 0.15) is 150 Å². The van der Waals surface area contributed by atoms with Gasteiger partial charge in [0.25, 0.3) is 0 Å². The number of benzene rings is 3. The van der Waals surface area contributed by atoms with E-state index in [0.29, 0.717) is 5.56 Å². The van der Waals surface area contributed by atoms with Gasteiger partial charge in [-0.1, -0.05) is 151 Å². The molecular formula is C42H55FO2. The average molecular weight is 611 g/mol. The molecule has 0 saturated carbocycles. The molecule has 0 heterocycles. The molecule has 0 radical (unpaired) electrons. The zero-order chi connectivity index (χ0) is 32.1. The van der Waals surface area contributed by atoms with E-state index in [-0.39, 0.29) is 17.7 Å². The number of hydrogen-bond donors (Lipinski definition) is 0. The largest absolute Gasteiger partial charge is 0.486 e. The summed E-state index contributed by atoms with van der Waals surface area (Å²) < 4.78 is 19.7. The van der Waals surface area contributed by atoms with Gasteiger partial charge in [-0.05, 0) is 78.9 Å². The Balaban J connectivity index is 1.42. The lowest BCUT2D eigenvalue weighted by molar-refractivity contribution is 0.104. The molecule has 1 atom stereocenters. The minimum atomic E-state index is -0.351. The highest BCUT2D eigenvalue weighted by atomic mass is 19.1. The first-order valence-electron chi connectivity index (χ1n) is 17.5. The maximum Gasteiger partial charge on any atom is 0.185 e. The van der Waals surface area contributed by atoms with Crippen molar-refractivity contribution in [3.05, 3.63) is 114 Å². The predicted molar refractivity (Wildman–Crippen MR) is 190 cm³/mol. The Morgan fingerprint density at radius 1 is 0.689 bits per heavy atom. The second-order valence-electron chi connectivity index (χ2n) is 12.5. The van der Waals surface area contributed by atoms with Crippen molar-refractivity contribution in [1.29, 1.82) is 0 Å². The van der Waals surface area contributed by atoms with Crippen LogP contribution in [0, 0.1) is 5.82 Å². The first kappa shape index (κ1) is 36.0. The summed E-state index contributed by atoms with van der Waals surface area (Å²) in [5, 5.41) is 0. The van der Waals surface area contributed by atoms with Crippen LogP contribution in [0.15, 0.2) is 85.5 Å². The summed E-state index contributed by atoms with van der Waals surface area (Å²) in [6.45, 7) is 8.38. The van der Waals surface area contributed by atoms with Gasteiger partial charge in [0.05, 0.1) is 0 Å². The zero-order valence-electron chi connectivity index (χ0n) is 27.9. The molecule has 0 fully saturated rings. The van der Waals surface area contributed by atoms with E-state index in [1.807, 2.05) is 31.2 Å². The number of rotatable bonds is 23. The number of carbonyl (C=O) groups excluding carboxylic acids is 1. The second-order valence-corrected chi connectivity index (χ2v) is 12.5. The van der Waals surface area contributed by atoms with Crippen molar-refractivity contribution < 1.29 is 13.9 Å². The maximum absolute atomic E-state index is 13.2. The highest BCUT2D eigenvalue weighted by Crippen LogP contribution is 2.29. The van der Waals surface area contributed by atoms with Crippen molar-refractivity contribution in [1.82, 2.24) is 0 Å². The van der Waals surface area contributed by atoms with Crippen LogP contribution in [-0.2, 0) is 0 Å². The molecular weight excluding hydrogens is 555 g/mol. The van der Waals surface area contributed by atoms with Gasteiger partial charge in [0.2, 0.25) is 0 Å². The van der Waals surface area contributed by atoms with E-state index >= 15 is 0 Å². The number of ether oxygens (including phenoxy) is 1. The van der Waals surface area contributed by atoms with Crippen LogP contribution in [0.3, 0.4) is 0 Å². The summed E-state index contributed by atoms with van der Waals surface area (Å²) in [6.07, 6.45) is 24.6. The fourth-order valence-corrected chi connectivity index (χ4v) is 5.68. The molecule has 2 nitrogen and oxygen atoms in total. The Labute approximate surface area is 272 Å². The predicted octanol–water partition coefficient (Wildman–Crippen LogP) is 13.1. The Bertz CT molecular complexity index is 1270. The van der Waals surface area contributed by atoms with E-state index in [9.17, 15) is 9.18 Å². The van der Waals surface area contributed by atoms with Gasteiger partial charge in [-0.2, -0.15) is 0 Å². The molecule has 0 saturated heterocycles. The first-order valence-corrected chi connectivity index (χ1v) is 17.5. The van der Waals surface area contributed by atoms with E-state index < -0.39 is 0 Å². The fourth-order valence-electron chi connectivity index (χ4n) is 5.68. The van der Waals surface area contributed by atoms with E-state index in [1.165, 1.54) is 126 Å². The minimum absolute atomic E-state index is 0.0208. The number of allylic oxidation sites excluding steroid dienone is 2. The van der Waals surface area contributed by atoms with E-state index in [1.54, 1.807) is 6.08 Å². The van der Waals surface area contributed by atoms with E-state index in [0.717, 1.165) is 35.3 Å². The molecule has 0 aromatic heterocycles. The summed E-state index contributed by atoms with van der Waals surface area (Å²) in [7, 11) is 0. The highest BCUT2D eigenvalue weighted by Gasteiger charge is 2.14. The lowest BCUT2D eigenvalue weighted by Crippen LogP contribution is -2.08. The number of unbranched alkanes of at least 4 members (excludes halogenated alkanes) is 14. The third-order valence-corrected chi connectivity index (χ3v) is 8.56. The fraction of sp³-hybridized carbons (Fsp3) is 0.452. The van der Waals surface area contributed by atoms with Gasteiger partial charge < -0.3 is 4.74 Å². The molecule has 3 rings (SSSR count). The molecule has 3 aromatic carbocycles. The Morgan fingerprint density at radius 2 is 1.18 bits per heavy atom. The molecule has 3 aromatic rings. The smallest absolute Gasteiger partial charge is 0.185 e. The van der Waals surface area contributed by atoms with Gasteiger partial charge in [0.1, 0.15) is 17.7 Å². The van der Waals surface area contributed by atoms with Gasteiger partial charge in [-0.15, -0.1) is 0 Å². The monoisotopic (exact) mass is 610 g/mol. The van der Waals surface area contributed by atoms with Crippen LogP contribution >= 0.6 is 0 Å². The summed E-state index contributed by atoms with van der Waals surface area (Å²) >= 11 is 0. The second kappa shape index (κ2) is 21.3. The molecule has 0 aliphatic heterocycles. The van der Waals surface area contributed by atoms with E-state index in [4.69, 9.17) is 4.74 Å². The highest BCUT2D eigenvalue weighted by molar-refractivity contribution is 6.06. The molecule has 242 valence electrons. The Hall–Kier alpha value is -3.46. The quantitative estimate of drug-likeness (QED) is 0.0606. The van der Waals surface area contributed by atoms with Crippen molar-refractivity contribution in [2.24, 2.45) is 0 Å². The van der Waals surface area contributed by atoms with Gasteiger partial charge in [0.15, 0.2) is 5.78 Å². The maximum atomic E-state index is 13.2. The van der Waals surface area contributed by atoms with Crippen LogP contribution in [0.4, 0.5) is 4.39 Å². The zero-order valence-corrected chi connectivity index (χ0v) is 27.9. The first-order chi connectivity index (χ1) is 22.0. The van der Waals surface area contributed by atoms with Crippen molar-refractivity contribution in [3.8, 4) is 5.75 Å². The molecule has 0 spiro atoms. The van der Waals surface area contributed by atoms with Crippen LogP contribution < -0.4 is 4.74 Å². The molecule has 0 bridgehead atoms. The molecule has 0 aliphatic rings. The third-order valence-electron chi connectivity index (χ3n) is 8.56. The summed E-state index contributed by atoms with van der Waals surface area (Å²) in [4.78, 5) is 12.4. The lowest BCUT2D eigenvalue weighted by Gasteiger charge is -2.20. The van der Waals surface area contributed by atoms with Crippen molar-refractivity contribution in [3.63, 3.8) is 0 Å². The van der Waals surface area contributed by atoms with Crippen molar-refractivity contribution >= 4 is 17.4 Å². The van der Waals surface area contributed by atoms with Gasteiger partial charge in [-0.3, -0.25) is 4.79 Å². The average Bonchev–Trinajstić information content (AvgIpc) is 3.05. The van der Waals surface area contributed by atoms with Crippen LogP contribution in [-0.4, -0.2) is 5.78 Å². The summed E-state index contributed by atoms with van der Waals surface area (Å²) in [5.74, 6) is 0.305. The Kier molecular flexibility index (Phi) is 17.1. The lowest BCUT2D eigenvalue weighted by atomic mass is 9.99. The molecule has 45 heavy (non-hydrogen) atoms. The number of hydrogen-bond acceptors (Lipinski definition) is 2. The Morgan fingerprint density at radius 3 is 1.69 bits per heavy atom. The molecule has 0 N–H and O–H groups in total. The number of carbonyl (C=O) groups is 1. The van der Waals surface area contributed by atoms with Gasteiger partial charge in [0, 0.05) is 5.56 Å². The molecule has 0 amide bonds. The summed E-state index contributed by atoms with van der Waals surface area (Å²) in [5.41, 5.74) is 4.76. The topological polar surface area (TPSA) is 26.3 Å². The van der Waals surface area contributed by atoms with Crippen molar-refractivity contribution in [2.75, 3.05) is 0 Å². The van der Waals surface area contributed by atoms with Gasteiger partial charge >= 0.3 is 0 Å². The standard InChI is InChI=1S/C42H55FO2/c1-4-5-6-7-8-9-10-11-12-13-14-15-16-17-18-19-42(38-25-23-36(24-26-38)34(2)3)45-40-31-20-35(21-32-40)22-33-41(44)37-27-29-39(43)30-28-37/h20-33,42H,2,4-19H2,1,3H3. The SMILES string of the molecule is C=C(C)c1ccc(C(CCCCCCCCCCCCCCCCC)Oc2ccc(C=CC(=O)c3ccc(F)cc3)cc2)cc1. The van der Waals surface area contributed by atoms with Crippen molar-refractivity contribution in [2.45, 2.75) is 123 Å². The van der Waals surface area contributed by atoms with Crippen LogP contribution in [0.5, 0.6) is 5.75 Å². The van der Waals surface area contributed by atoms with Crippen LogP contribution in [0.2, 0.25) is 0 Å². The van der Waals surface area contributed by atoms with Gasteiger partial charge in [-0.25, -0.2) is 4.39 Å². The van der Waals surface area contributed by atoms with E-state index in [2.05, 4.69) is 37.8 Å². The number of halogens is 1. The molecule has 3 heteroatoms. The minimum Gasteiger partial charge on any atom is -0.486 e. The van der Waals surface area contributed by atoms with Crippen LogP contribution in [0.25, 0.3) is 11.6 Å².